The van der Waals surface area contributed by atoms with Crippen LogP contribution in [0.25, 0.3) is 0 Å². The summed E-state index contributed by atoms with van der Waals surface area (Å²) in [4.78, 5) is 11.0. The molecule has 1 aromatic rings. The van der Waals surface area contributed by atoms with Gasteiger partial charge in [0, 0.05) is 12.3 Å². The van der Waals surface area contributed by atoms with Gasteiger partial charge in [-0.2, -0.15) is 0 Å². The molecule has 1 rings (SSSR count). The predicted molar refractivity (Wildman–Crippen MR) is 77.1 cm³/mol. The van der Waals surface area contributed by atoms with Crippen molar-refractivity contribution in [3.05, 3.63) is 35.9 Å². The number of benzene rings is 1. The van der Waals surface area contributed by atoms with E-state index in [0.29, 0.717) is 32.5 Å². The minimum absolute atomic E-state index is 0.0522. The Morgan fingerprint density at radius 3 is 2.65 bits per heavy atom. The summed E-state index contributed by atoms with van der Waals surface area (Å²) >= 11 is 0. The predicted octanol–water partition coefficient (Wildman–Crippen LogP) is 2.54. The first-order valence-electron chi connectivity index (χ1n) is 7.00. The highest BCUT2D eigenvalue weighted by Gasteiger charge is 2.15. The molecule has 0 saturated carbocycles. The number of esters is 1. The van der Waals surface area contributed by atoms with E-state index in [0.717, 1.165) is 5.56 Å². The zero-order valence-electron chi connectivity index (χ0n) is 12.2. The number of aliphatic hydroxyl groups excluding tert-OH is 1. The zero-order chi connectivity index (χ0) is 14.8. The maximum Gasteiger partial charge on any atom is 0.305 e. The van der Waals surface area contributed by atoms with Gasteiger partial charge in [0.25, 0.3) is 0 Å². The molecule has 0 saturated heterocycles. The molecule has 4 heteroatoms. The Morgan fingerprint density at radius 2 is 2.00 bits per heavy atom. The third-order valence-electron chi connectivity index (χ3n) is 3.26. The van der Waals surface area contributed by atoms with E-state index in [4.69, 9.17) is 4.74 Å². The van der Waals surface area contributed by atoms with Crippen molar-refractivity contribution in [3.63, 3.8) is 0 Å². The fourth-order valence-electron chi connectivity index (χ4n) is 1.89. The number of rotatable bonds is 9. The Bertz CT molecular complexity index is 377. The van der Waals surface area contributed by atoms with Gasteiger partial charge in [-0.25, -0.2) is 0 Å². The van der Waals surface area contributed by atoms with Gasteiger partial charge in [0.2, 0.25) is 0 Å². The van der Waals surface area contributed by atoms with Crippen molar-refractivity contribution in [1.82, 2.24) is 0 Å². The van der Waals surface area contributed by atoms with E-state index in [-0.39, 0.29) is 11.9 Å². The highest BCUT2D eigenvalue weighted by atomic mass is 16.5. The molecule has 1 aromatic carbocycles. The van der Waals surface area contributed by atoms with Crippen LogP contribution in [0.15, 0.2) is 30.3 Å². The average molecular weight is 280 g/mol. The van der Waals surface area contributed by atoms with E-state index in [2.05, 4.69) is 4.74 Å². The van der Waals surface area contributed by atoms with Gasteiger partial charge >= 0.3 is 5.97 Å². The second-order valence-electron chi connectivity index (χ2n) is 5.01. The molecule has 0 unspecified atom stereocenters. The van der Waals surface area contributed by atoms with Crippen molar-refractivity contribution in [3.8, 4) is 0 Å². The summed E-state index contributed by atoms with van der Waals surface area (Å²) in [5.74, 6) is -0.179. The molecular formula is C16H24O4. The number of methoxy groups -OCH3 is 1. The van der Waals surface area contributed by atoms with Crippen molar-refractivity contribution in [2.75, 3.05) is 13.7 Å². The average Bonchev–Trinajstić information content (AvgIpc) is 2.47. The normalized spacial score (nSPS) is 13.8. The SMILES string of the molecule is COC(=O)CCC[C@@H](O)[C@@H](C)COCc1ccccc1. The van der Waals surface area contributed by atoms with Crippen molar-refractivity contribution in [1.29, 1.82) is 0 Å². The van der Waals surface area contributed by atoms with E-state index in [1.807, 2.05) is 37.3 Å². The van der Waals surface area contributed by atoms with Crippen molar-refractivity contribution in [2.45, 2.75) is 38.9 Å². The lowest BCUT2D eigenvalue weighted by Crippen LogP contribution is -2.22. The summed E-state index contributed by atoms with van der Waals surface area (Å²) in [6.07, 6.45) is 1.13. The van der Waals surface area contributed by atoms with Crippen LogP contribution < -0.4 is 0 Å². The van der Waals surface area contributed by atoms with Gasteiger partial charge in [0.1, 0.15) is 0 Å². The lowest BCUT2D eigenvalue weighted by atomic mass is 10.0. The quantitative estimate of drug-likeness (QED) is 0.706. The van der Waals surface area contributed by atoms with Crippen LogP contribution in [0.1, 0.15) is 31.7 Å². The van der Waals surface area contributed by atoms with Crippen LogP contribution in [0.5, 0.6) is 0 Å². The Labute approximate surface area is 120 Å². The first-order chi connectivity index (χ1) is 9.63. The van der Waals surface area contributed by atoms with Gasteiger partial charge in [0.15, 0.2) is 0 Å². The fourth-order valence-corrected chi connectivity index (χ4v) is 1.89. The summed E-state index contributed by atoms with van der Waals surface area (Å²) in [5, 5.41) is 9.97. The van der Waals surface area contributed by atoms with Crippen molar-refractivity contribution in [2.24, 2.45) is 5.92 Å². The molecule has 0 radical (unpaired) electrons. The number of hydrogen-bond donors (Lipinski definition) is 1. The van der Waals surface area contributed by atoms with Gasteiger partial charge in [-0.15, -0.1) is 0 Å². The van der Waals surface area contributed by atoms with Gasteiger partial charge in [0.05, 0.1) is 26.4 Å². The van der Waals surface area contributed by atoms with Gasteiger partial charge in [-0.1, -0.05) is 37.3 Å². The molecule has 0 heterocycles. The van der Waals surface area contributed by atoms with Gasteiger partial charge < -0.3 is 14.6 Å². The molecule has 0 aliphatic heterocycles. The first kappa shape index (κ1) is 16.7. The van der Waals surface area contributed by atoms with E-state index in [9.17, 15) is 9.90 Å². The lowest BCUT2D eigenvalue weighted by Gasteiger charge is -2.18. The molecule has 0 spiro atoms. The van der Waals surface area contributed by atoms with Gasteiger partial charge in [-0.05, 0) is 18.4 Å². The van der Waals surface area contributed by atoms with Crippen LogP contribution in [-0.4, -0.2) is 30.9 Å². The van der Waals surface area contributed by atoms with Crippen LogP contribution in [-0.2, 0) is 20.9 Å². The van der Waals surface area contributed by atoms with Crippen LogP contribution in [0.3, 0.4) is 0 Å². The summed E-state index contributed by atoms with van der Waals surface area (Å²) in [6.45, 7) is 3.02. The van der Waals surface area contributed by atoms with E-state index in [1.165, 1.54) is 7.11 Å². The molecule has 0 aliphatic rings. The monoisotopic (exact) mass is 280 g/mol. The fraction of sp³-hybridized carbons (Fsp3) is 0.562. The molecule has 0 bridgehead atoms. The molecule has 1 N–H and O–H groups in total. The summed E-state index contributed by atoms with van der Waals surface area (Å²) < 4.78 is 10.2. The number of hydrogen-bond acceptors (Lipinski definition) is 4. The van der Waals surface area contributed by atoms with Crippen molar-refractivity contribution < 1.29 is 19.4 Å². The molecule has 0 amide bonds. The third kappa shape index (κ3) is 6.68. The maximum absolute atomic E-state index is 11.0. The topological polar surface area (TPSA) is 55.8 Å². The molecule has 2 atom stereocenters. The molecule has 4 nitrogen and oxygen atoms in total. The Hall–Kier alpha value is -1.39. The van der Waals surface area contributed by atoms with Crippen LogP contribution >= 0.6 is 0 Å². The minimum Gasteiger partial charge on any atom is -0.469 e. The number of carbonyl (C=O) groups excluding carboxylic acids is 1. The standard InChI is InChI=1S/C16H24O4/c1-13(15(17)9-6-10-16(18)19-2)11-20-12-14-7-4-3-5-8-14/h3-5,7-8,13,15,17H,6,9-12H2,1-2H3/t13-,15+/m0/s1. The highest BCUT2D eigenvalue weighted by molar-refractivity contribution is 5.68. The molecule has 112 valence electrons. The summed E-state index contributed by atoms with van der Waals surface area (Å²) in [6, 6.07) is 9.94. The molecule has 0 fully saturated rings. The number of aliphatic hydroxyl groups is 1. The summed E-state index contributed by atoms with van der Waals surface area (Å²) in [5.41, 5.74) is 1.12. The molecule has 0 aromatic heterocycles. The third-order valence-corrected chi connectivity index (χ3v) is 3.26. The number of ether oxygens (including phenoxy) is 2. The second-order valence-corrected chi connectivity index (χ2v) is 5.01. The van der Waals surface area contributed by atoms with Crippen molar-refractivity contribution >= 4 is 5.97 Å². The largest absolute Gasteiger partial charge is 0.469 e. The maximum atomic E-state index is 11.0. The summed E-state index contributed by atoms with van der Waals surface area (Å²) in [7, 11) is 1.37. The second kappa shape index (κ2) is 9.50. The molecule has 0 aliphatic carbocycles. The van der Waals surface area contributed by atoms with E-state index < -0.39 is 6.10 Å². The Kier molecular flexibility index (Phi) is 7.92. The lowest BCUT2D eigenvalue weighted by molar-refractivity contribution is -0.140. The minimum atomic E-state index is -0.449. The van der Waals surface area contributed by atoms with E-state index >= 15 is 0 Å². The smallest absolute Gasteiger partial charge is 0.305 e. The van der Waals surface area contributed by atoms with E-state index in [1.54, 1.807) is 0 Å². The van der Waals surface area contributed by atoms with Crippen LogP contribution in [0, 0.1) is 5.92 Å². The first-order valence-corrected chi connectivity index (χ1v) is 7.00. The number of carbonyl (C=O) groups is 1. The zero-order valence-corrected chi connectivity index (χ0v) is 12.2. The Morgan fingerprint density at radius 1 is 1.30 bits per heavy atom. The highest BCUT2D eigenvalue weighted by Crippen LogP contribution is 2.12. The Balaban J connectivity index is 2.15. The van der Waals surface area contributed by atoms with Crippen LogP contribution in [0.4, 0.5) is 0 Å². The molecule has 20 heavy (non-hydrogen) atoms. The van der Waals surface area contributed by atoms with Crippen LogP contribution in [0.2, 0.25) is 0 Å². The molecular weight excluding hydrogens is 256 g/mol. The van der Waals surface area contributed by atoms with Gasteiger partial charge in [-0.3, -0.25) is 4.79 Å².